The van der Waals surface area contributed by atoms with Crippen molar-refractivity contribution in [1.29, 1.82) is 0 Å². The largest absolute Gasteiger partial charge is 0.504 e. The second kappa shape index (κ2) is 10.8. The van der Waals surface area contributed by atoms with Crippen LogP contribution in [0.4, 0.5) is 5.69 Å². The van der Waals surface area contributed by atoms with Gasteiger partial charge in [0.2, 0.25) is 11.3 Å². The predicted molar refractivity (Wildman–Crippen MR) is 182 cm³/mol. The molecule has 5 saturated carbocycles. The van der Waals surface area contributed by atoms with E-state index in [-0.39, 0.29) is 58.4 Å². The second-order valence-electron chi connectivity index (χ2n) is 15.5. The van der Waals surface area contributed by atoms with E-state index in [0.717, 1.165) is 50.6 Å². The smallest absolute Gasteiger partial charge is 0.276 e. The average molecular weight is 682 g/mol. The third-order valence-corrected chi connectivity index (χ3v) is 12.3. The maximum absolute atomic E-state index is 14.6. The maximum Gasteiger partial charge on any atom is 0.276 e. The van der Waals surface area contributed by atoms with Crippen LogP contribution in [-0.2, 0) is 17.8 Å². The van der Waals surface area contributed by atoms with Gasteiger partial charge >= 0.3 is 0 Å². The molecular formula is C35H43N11O4. The van der Waals surface area contributed by atoms with Crippen LogP contribution < -0.4 is 15.6 Å². The first-order valence-corrected chi connectivity index (χ1v) is 18.0. The highest BCUT2D eigenvalue weighted by Crippen LogP contribution is 2.70. The van der Waals surface area contributed by atoms with Crippen LogP contribution in [0.25, 0.3) is 17.0 Å². The van der Waals surface area contributed by atoms with E-state index in [9.17, 15) is 19.5 Å². The zero-order valence-corrected chi connectivity index (χ0v) is 29.0. The van der Waals surface area contributed by atoms with Gasteiger partial charge in [-0.05, 0) is 69.6 Å². The molecule has 50 heavy (non-hydrogen) atoms. The van der Waals surface area contributed by atoms with Gasteiger partial charge in [0, 0.05) is 42.6 Å². The Bertz CT molecular complexity index is 2110. The fourth-order valence-corrected chi connectivity index (χ4v) is 9.15. The minimum Gasteiger partial charge on any atom is -0.504 e. The first-order valence-electron chi connectivity index (χ1n) is 18.0. The lowest BCUT2D eigenvalue weighted by molar-refractivity contribution is -0.187. The van der Waals surface area contributed by atoms with Gasteiger partial charge in [-0.15, -0.1) is 15.0 Å². The van der Waals surface area contributed by atoms with Crippen LogP contribution in [0, 0.1) is 18.3 Å². The van der Waals surface area contributed by atoms with Crippen molar-refractivity contribution in [3.63, 3.8) is 0 Å². The number of carbonyl (C=O) groups excluding carboxylic acids is 2. The third-order valence-electron chi connectivity index (χ3n) is 12.3. The Balaban J connectivity index is 1.08. The Morgan fingerprint density at radius 2 is 1.80 bits per heavy atom. The van der Waals surface area contributed by atoms with E-state index in [1.165, 1.54) is 11.1 Å². The lowest BCUT2D eigenvalue weighted by Gasteiger charge is -2.72. The van der Waals surface area contributed by atoms with E-state index in [0.29, 0.717) is 59.7 Å². The van der Waals surface area contributed by atoms with Gasteiger partial charge in [0.25, 0.3) is 5.91 Å². The summed E-state index contributed by atoms with van der Waals surface area (Å²) in [7, 11) is 0. The summed E-state index contributed by atoms with van der Waals surface area (Å²) in [6, 6.07) is 1.94. The number of piperazine rings is 1. The SMILES string of the molecule is CCc1c(N2CCN(C(=O)c3ncnc(C)c3O)[C@H]3CC[C@@H]32)c(=O)c2nn(-c3ccn(C4CC4)n3)nc2n1CC(=O)NC12CC(C(C)C)(C1)C2. The molecule has 1 saturated heterocycles. The molecule has 2 bridgehead atoms. The van der Waals surface area contributed by atoms with Gasteiger partial charge in [0.1, 0.15) is 18.6 Å². The van der Waals surface area contributed by atoms with Gasteiger partial charge in [-0.25, -0.2) is 9.97 Å². The van der Waals surface area contributed by atoms with Crippen molar-refractivity contribution in [3.8, 4) is 11.6 Å². The van der Waals surface area contributed by atoms with Crippen molar-refractivity contribution in [3.05, 3.63) is 45.9 Å². The van der Waals surface area contributed by atoms with E-state index in [1.807, 2.05) is 28.4 Å². The summed E-state index contributed by atoms with van der Waals surface area (Å²) < 4.78 is 3.79. The van der Waals surface area contributed by atoms with Crippen LogP contribution in [0.3, 0.4) is 0 Å². The van der Waals surface area contributed by atoms with Crippen molar-refractivity contribution in [2.24, 2.45) is 11.3 Å². The molecule has 5 aliphatic carbocycles. The van der Waals surface area contributed by atoms with E-state index in [2.05, 4.69) is 39.1 Å². The number of carbonyl (C=O) groups is 2. The summed E-state index contributed by atoms with van der Waals surface area (Å²) in [5, 5.41) is 28.1. The first kappa shape index (κ1) is 31.2. The molecule has 0 aromatic carbocycles. The topological polar surface area (TPSA) is 169 Å². The van der Waals surface area contributed by atoms with Crippen molar-refractivity contribution >= 4 is 28.7 Å². The minimum absolute atomic E-state index is 0.00981. The molecular weight excluding hydrogens is 638 g/mol. The molecule has 2 amide bonds. The summed E-state index contributed by atoms with van der Waals surface area (Å²) >= 11 is 0. The number of aromatic nitrogens is 8. The van der Waals surface area contributed by atoms with Gasteiger partial charge in [-0.3, -0.25) is 19.1 Å². The average Bonchev–Trinajstić information content (AvgIpc) is 3.58. The summed E-state index contributed by atoms with van der Waals surface area (Å²) in [6.45, 7) is 8.91. The van der Waals surface area contributed by atoms with E-state index < -0.39 is 0 Å². The van der Waals surface area contributed by atoms with Crippen molar-refractivity contribution in [2.45, 2.75) is 109 Å². The van der Waals surface area contributed by atoms with Gasteiger partial charge in [0.15, 0.2) is 28.4 Å². The molecule has 6 aliphatic rings. The molecule has 4 aromatic rings. The number of hydrogen-bond acceptors (Lipinski definition) is 10. The van der Waals surface area contributed by atoms with E-state index in [1.54, 1.807) is 11.8 Å². The minimum atomic E-state index is -0.343. The highest BCUT2D eigenvalue weighted by Gasteiger charge is 2.69. The fraction of sp³-hybridized carbons (Fsp3) is 0.600. The molecule has 6 fully saturated rings. The quantitative estimate of drug-likeness (QED) is 0.268. The number of pyridine rings is 1. The molecule has 2 N–H and O–H groups in total. The van der Waals surface area contributed by atoms with Gasteiger partial charge in [0.05, 0.1) is 17.8 Å². The summed E-state index contributed by atoms with van der Waals surface area (Å²) in [6.07, 6.45) is 10.4. The lowest BCUT2D eigenvalue weighted by atomic mass is 9.36. The highest BCUT2D eigenvalue weighted by molar-refractivity contribution is 5.95. The number of aromatic hydroxyl groups is 1. The molecule has 15 nitrogen and oxygen atoms in total. The summed E-state index contributed by atoms with van der Waals surface area (Å²) in [5.41, 5.74) is 2.08. The lowest BCUT2D eigenvalue weighted by Crippen LogP contribution is -2.76. The zero-order chi connectivity index (χ0) is 34.7. The number of amides is 2. The molecule has 5 heterocycles. The van der Waals surface area contributed by atoms with Crippen LogP contribution >= 0.6 is 0 Å². The Labute approximate surface area is 288 Å². The molecule has 2 atom stereocenters. The Hall–Kier alpha value is -4.82. The third kappa shape index (κ3) is 4.53. The Morgan fingerprint density at radius 3 is 2.48 bits per heavy atom. The number of fused-ring (bicyclic) bond motifs is 2. The van der Waals surface area contributed by atoms with Gasteiger partial charge < -0.3 is 24.8 Å². The molecule has 15 heteroatoms. The number of anilines is 1. The predicted octanol–water partition coefficient (Wildman–Crippen LogP) is 2.67. The molecule has 0 radical (unpaired) electrons. The number of hydrogen-bond donors (Lipinski definition) is 2. The summed E-state index contributed by atoms with van der Waals surface area (Å²) in [4.78, 5) is 55.4. The van der Waals surface area contributed by atoms with Crippen molar-refractivity contribution < 1.29 is 14.7 Å². The molecule has 262 valence electrons. The van der Waals surface area contributed by atoms with Crippen molar-refractivity contribution in [1.82, 2.24) is 49.5 Å². The number of nitrogens with zero attached hydrogens (tertiary/aromatic N) is 10. The molecule has 1 aliphatic heterocycles. The van der Waals surface area contributed by atoms with Crippen LogP contribution in [0.5, 0.6) is 5.75 Å². The maximum atomic E-state index is 14.6. The van der Waals surface area contributed by atoms with E-state index in [4.69, 9.17) is 10.2 Å². The standard InChI is InChI=1S/C35H43N11O4/c1-5-22-29(42-12-13-43(24-9-8-23(24)42)33(50)28-30(48)20(4)36-18-37-28)31(49)27-32(41-46(40-27)25-10-11-45(39-25)21-6-7-21)44(22)14-26(47)38-35-15-34(16-35,17-35)19(2)3/h10-11,18-19,21,23-24,48H,5-9,12-17H2,1-4H3,(H,38,47)/t23-,24-,34?,35?/m0/s1. The second-order valence-corrected chi connectivity index (χ2v) is 15.5. The normalized spacial score (nSPS) is 26.7. The molecule has 0 spiro atoms. The fourth-order valence-electron chi connectivity index (χ4n) is 9.15. The Kier molecular flexibility index (Phi) is 6.76. The van der Waals surface area contributed by atoms with Crippen LogP contribution in [0.1, 0.15) is 93.6 Å². The molecule has 0 unspecified atom stereocenters. The highest BCUT2D eigenvalue weighted by atomic mass is 16.3. The van der Waals surface area contributed by atoms with E-state index >= 15 is 0 Å². The van der Waals surface area contributed by atoms with Crippen LogP contribution in [0.15, 0.2) is 23.4 Å². The number of rotatable bonds is 9. The van der Waals surface area contributed by atoms with Crippen LogP contribution in [-0.4, -0.2) is 91.8 Å². The van der Waals surface area contributed by atoms with Gasteiger partial charge in [-0.1, -0.05) is 20.8 Å². The number of aryl methyl sites for hydroxylation is 1. The first-order chi connectivity index (χ1) is 24.0. The monoisotopic (exact) mass is 681 g/mol. The molecule has 4 aromatic heterocycles. The zero-order valence-electron chi connectivity index (χ0n) is 29.0. The molecule has 10 rings (SSSR count). The van der Waals surface area contributed by atoms with Crippen molar-refractivity contribution in [2.75, 3.05) is 18.0 Å². The van der Waals surface area contributed by atoms with Crippen LogP contribution in [0.2, 0.25) is 0 Å². The van der Waals surface area contributed by atoms with Gasteiger partial charge in [-0.2, -0.15) is 5.10 Å². The number of nitrogens with one attached hydrogen (secondary N) is 1. The Morgan fingerprint density at radius 1 is 1.04 bits per heavy atom. The summed E-state index contributed by atoms with van der Waals surface area (Å²) in [5.74, 6) is 0.458.